The molecule has 0 bridgehead atoms. The number of carbonyl (C=O) groups is 2. The van der Waals surface area contributed by atoms with Crippen molar-refractivity contribution in [2.75, 3.05) is 17.2 Å². The highest BCUT2D eigenvalue weighted by atomic mass is 79.9. The second-order valence-electron chi connectivity index (χ2n) is 4.53. The Labute approximate surface area is 146 Å². The first-order chi connectivity index (χ1) is 11.0. The number of hydrogen-bond acceptors (Lipinski definition) is 3. The second-order valence-corrected chi connectivity index (χ2v) is 5.80. The molecule has 0 saturated heterocycles. The molecule has 0 saturated carbocycles. The van der Waals surface area contributed by atoms with E-state index in [0.29, 0.717) is 11.4 Å². The van der Waals surface area contributed by atoms with Crippen LogP contribution >= 0.6 is 27.5 Å². The molecule has 0 aliphatic heterocycles. The minimum absolute atomic E-state index is 0.157. The third-order valence-electron chi connectivity index (χ3n) is 2.77. The van der Waals surface area contributed by atoms with E-state index in [1.165, 1.54) is 6.20 Å². The number of pyridine rings is 1. The smallest absolute Gasteiger partial charge is 0.319 e. The first-order valence-electron chi connectivity index (χ1n) is 6.75. The number of aromatic nitrogens is 1. The Morgan fingerprint density at radius 2 is 1.87 bits per heavy atom. The summed E-state index contributed by atoms with van der Waals surface area (Å²) in [6.45, 7) is 0.200. The average Bonchev–Trinajstić information content (AvgIpc) is 2.52. The van der Waals surface area contributed by atoms with Crippen molar-refractivity contribution in [2.45, 2.75) is 6.42 Å². The number of anilines is 2. The van der Waals surface area contributed by atoms with Gasteiger partial charge in [0.15, 0.2) is 5.15 Å². The van der Waals surface area contributed by atoms with Crippen molar-refractivity contribution in [3.63, 3.8) is 0 Å². The molecule has 3 amide bonds. The van der Waals surface area contributed by atoms with E-state index in [1.54, 1.807) is 24.3 Å². The van der Waals surface area contributed by atoms with Crippen molar-refractivity contribution in [1.29, 1.82) is 0 Å². The topological polar surface area (TPSA) is 83.1 Å². The summed E-state index contributed by atoms with van der Waals surface area (Å²) in [4.78, 5) is 27.3. The molecule has 0 fully saturated rings. The van der Waals surface area contributed by atoms with E-state index < -0.39 is 6.03 Å². The quantitative estimate of drug-likeness (QED) is 0.674. The Morgan fingerprint density at radius 3 is 2.57 bits per heavy atom. The number of amides is 3. The molecule has 2 aromatic rings. The molecule has 1 heterocycles. The van der Waals surface area contributed by atoms with Crippen LogP contribution in [0.4, 0.5) is 16.2 Å². The Bertz CT molecular complexity index is 694. The maximum absolute atomic E-state index is 11.8. The number of carbonyl (C=O) groups excluding carboxylic acids is 2. The van der Waals surface area contributed by atoms with Crippen molar-refractivity contribution in [3.05, 3.63) is 52.2 Å². The fourth-order valence-electron chi connectivity index (χ4n) is 1.69. The number of rotatable bonds is 5. The van der Waals surface area contributed by atoms with E-state index in [9.17, 15) is 9.59 Å². The molecule has 120 valence electrons. The van der Waals surface area contributed by atoms with Gasteiger partial charge in [-0.2, -0.15) is 0 Å². The predicted molar refractivity (Wildman–Crippen MR) is 93.7 cm³/mol. The highest BCUT2D eigenvalue weighted by Crippen LogP contribution is 2.17. The first kappa shape index (κ1) is 17.2. The van der Waals surface area contributed by atoms with Gasteiger partial charge >= 0.3 is 6.03 Å². The van der Waals surface area contributed by atoms with Crippen molar-refractivity contribution in [3.8, 4) is 0 Å². The van der Waals surface area contributed by atoms with Crippen LogP contribution in [0.15, 0.2) is 47.1 Å². The fraction of sp³-hybridized carbons (Fsp3) is 0.133. The second kappa shape index (κ2) is 8.50. The maximum atomic E-state index is 11.8. The van der Waals surface area contributed by atoms with Crippen LogP contribution in [0, 0.1) is 0 Å². The predicted octanol–water partition coefficient (Wildman–Crippen LogP) is 3.65. The Kier molecular flexibility index (Phi) is 6.37. The normalized spacial score (nSPS) is 10.0. The molecule has 0 atom stereocenters. The number of benzene rings is 1. The minimum Gasteiger partial charge on any atom is -0.337 e. The van der Waals surface area contributed by atoms with Gasteiger partial charge < -0.3 is 16.0 Å². The summed E-state index contributed by atoms with van der Waals surface area (Å²) in [5.41, 5.74) is 1.11. The highest BCUT2D eigenvalue weighted by molar-refractivity contribution is 9.10. The molecule has 0 radical (unpaired) electrons. The van der Waals surface area contributed by atoms with Crippen LogP contribution in [-0.4, -0.2) is 23.5 Å². The molecule has 6 nitrogen and oxygen atoms in total. The van der Waals surface area contributed by atoms with Gasteiger partial charge in [-0.25, -0.2) is 9.78 Å². The van der Waals surface area contributed by atoms with Crippen LogP contribution in [0.3, 0.4) is 0 Å². The van der Waals surface area contributed by atoms with E-state index in [4.69, 9.17) is 11.6 Å². The number of urea groups is 1. The van der Waals surface area contributed by atoms with Gasteiger partial charge in [0.1, 0.15) is 0 Å². The molecule has 0 aliphatic carbocycles. The number of halogens is 2. The zero-order valence-electron chi connectivity index (χ0n) is 12.0. The molecule has 8 heteroatoms. The molecule has 1 aromatic heterocycles. The van der Waals surface area contributed by atoms with E-state index in [0.717, 1.165) is 4.47 Å². The minimum atomic E-state index is -0.448. The van der Waals surface area contributed by atoms with Gasteiger partial charge in [0.05, 0.1) is 5.69 Å². The summed E-state index contributed by atoms with van der Waals surface area (Å²) in [5.74, 6) is -0.188. The van der Waals surface area contributed by atoms with Gasteiger partial charge in [0.25, 0.3) is 0 Å². The summed E-state index contributed by atoms with van der Waals surface area (Å²) in [5, 5.41) is 8.08. The van der Waals surface area contributed by atoms with Crippen molar-refractivity contribution in [2.24, 2.45) is 0 Å². The van der Waals surface area contributed by atoms with Gasteiger partial charge in [-0.3, -0.25) is 4.79 Å². The SMILES string of the molecule is O=C(CCNC(=O)Nc1cccnc1Cl)Nc1ccc(Br)cc1. The average molecular weight is 398 g/mol. The van der Waals surface area contributed by atoms with E-state index in [-0.39, 0.29) is 24.0 Å². The van der Waals surface area contributed by atoms with Crippen LogP contribution < -0.4 is 16.0 Å². The van der Waals surface area contributed by atoms with Gasteiger partial charge in [-0.15, -0.1) is 0 Å². The fourth-order valence-corrected chi connectivity index (χ4v) is 2.12. The van der Waals surface area contributed by atoms with Crippen LogP contribution in [0.25, 0.3) is 0 Å². The number of nitrogens with zero attached hydrogens (tertiary/aromatic N) is 1. The van der Waals surface area contributed by atoms with Gasteiger partial charge in [0.2, 0.25) is 5.91 Å². The van der Waals surface area contributed by atoms with Crippen LogP contribution in [0.5, 0.6) is 0 Å². The lowest BCUT2D eigenvalue weighted by molar-refractivity contribution is -0.116. The molecule has 1 aromatic carbocycles. The molecular weight excluding hydrogens is 384 g/mol. The van der Waals surface area contributed by atoms with Crippen LogP contribution in [0.2, 0.25) is 5.15 Å². The van der Waals surface area contributed by atoms with Crippen molar-refractivity contribution < 1.29 is 9.59 Å². The molecular formula is C15H14BrClN4O2. The largest absolute Gasteiger partial charge is 0.337 e. The standard InChI is InChI=1S/C15H14BrClN4O2/c16-10-3-5-11(6-4-10)20-13(22)7-9-19-15(23)21-12-2-1-8-18-14(12)17/h1-6,8H,7,9H2,(H,20,22)(H2,19,21,23). The maximum Gasteiger partial charge on any atom is 0.319 e. The Morgan fingerprint density at radius 1 is 1.13 bits per heavy atom. The third kappa shape index (κ3) is 5.88. The monoisotopic (exact) mass is 396 g/mol. The van der Waals surface area contributed by atoms with E-state index >= 15 is 0 Å². The molecule has 2 rings (SSSR count). The van der Waals surface area contributed by atoms with Gasteiger partial charge in [0, 0.05) is 29.3 Å². The lowest BCUT2D eigenvalue weighted by Crippen LogP contribution is -2.31. The van der Waals surface area contributed by atoms with E-state index in [2.05, 4.69) is 36.9 Å². The van der Waals surface area contributed by atoms with Gasteiger partial charge in [-0.05, 0) is 36.4 Å². The summed E-state index contributed by atoms with van der Waals surface area (Å²) in [6, 6.07) is 10.1. The molecule has 0 aliphatic rings. The zero-order valence-corrected chi connectivity index (χ0v) is 14.3. The lowest BCUT2D eigenvalue weighted by atomic mass is 10.3. The zero-order chi connectivity index (χ0) is 16.7. The molecule has 23 heavy (non-hydrogen) atoms. The molecule has 0 spiro atoms. The molecule has 3 N–H and O–H groups in total. The Hall–Kier alpha value is -2.12. The number of hydrogen-bond donors (Lipinski definition) is 3. The third-order valence-corrected chi connectivity index (χ3v) is 3.60. The summed E-state index contributed by atoms with van der Waals surface area (Å²) < 4.78 is 0.933. The first-order valence-corrected chi connectivity index (χ1v) is 7.92. The van der Waals surface area contributed by atoms with Crippen LogP contribution in [0.1, 0.15) is 6.42 Å². The van der Waals surface area contributed by atoms with Crippen molar-refractivity contribution >= 4 is 50.8 Å². The van der Waals surface area contributed by atoms with Crippen molar-refractivity contribution in [1.82, 2.24) is 10.3 Å². The summed E-state index contributed by atoms with van der Waals surface area (Å²) in [7, 11) is 0. The van der Waals surface area contributed by atoms with Crippen LogP contribution in [-0.2, 0) is 4.79 Å². The van der Waals surface area contributed by atoms with E-state index in [1.807, 2.05) is 12.1 Å². The Balaban J connectivity index is 1.72. The van der Waals surface area contributed by atoms with Gasteiger partial charge in [-0.1, -0.05) is 27.5 Å². The highest BCUT2D eigenvalue weighted by Gasteiger charge is 2.07. The molecule has 0 unspecified atom stereocenters. The number of nitrogens with one attached hydrogen (secondary N) is 3. The summed E-state index contributed by atoms with van der Waals surface area (Å²) >= 11 is 9.15. The lowest BCUT2D eigenvalue weighted by Gasteiger charge is -2.09. The summed E-state index contributed by atoms with van der Waals surface area (Å²) in [6.07, 6.45) is 1.68.